The Morgan fingerprint density at radius 3 is 2.65 bits per heavy atom. The molecule has 0 bridgehead atoms. The molecule has 20 heavy (non-hydrogen) atoms. The maximum atomic E-state index is 12.1. The highest BCUT2D eigenvalue weighted by molar-refractivity contribution is 5.82. The van der Waals surface area contributed by atoms with Crippen LogP contribution in [-0.4, -0.2) is 42.6 Å². The van der Waals surface area contributed by atoms with Crippen LogP contribution in [0.2, 0.25) is 0 Å². The van der Waals surface area contributed by atoms with Gasteiger partial charge in [0, 0.05) is 25.0 Å². The first-order valence-corrected chi connectivity index (χ1v) is 6.89. The van der Waals surface area contributed by atoms with Crippen LogP contribution >= 0.6 is 0 Å². The van der Waals surface area contributed by atoms with Gasteiger partial charge in [-0.1, -0.05) is 30.3 Å². The van der Waals surface area contributed by atoms with E-state index >= 15 is 0 Å². The number of likely N-dealkylation sites (tertiary alicyclic amines) is 1. The molecule has 0 amide bonds. The molecule has 3 atom stereocenters. The van der Waals surface area contributed by atoms with Crippen LogP contribution in [0.4, 0.5) is 0 Å². The number of nitrogens with zero attached hydrogens (tertiary/aromatic N) is 1. The van der Waals surface area contributed by atoms with Gasteiger partial charge in [0.05, 0.1) is 7.11 Å². The zero-order valence-corrected chi connectivity index (χ0v) is 12.1. The molecule has 1 aliphatic rings. The molecule has 0 saturated carbocycles. The molecule has 0 radical (unpaired) electrons. The van der Waals surface area contributed by atoms with Crippen LogP contribution < -0.4 is 11.5 Å². The topological polar surface area (TPSA) is 81.6 Å². The fourth-order valence-electron chi connectivity index (χ4n) is 3.04. The molecule has 1 heterocycles. The minimum Gasteiger partial charge on any atom is -0.468 e. The number of carbonyl (C=O) groups excluding carboxylic acids is 1. The summed E-state index contributed by atoms with van der Waals surface area (Å²) in [5.74, 6) is -0.468. The van der Waals surface area contributed by atoms with Crippen LogP contribution in [0.15, 0.2) is 30.3 Å². The van der Waals surface area contributed by atoms with Gasteiger partial charge in [0.15, 0.2) is 0 Å². The van der Waals surface area contributed by atoms with Gasteiger partial charge in [-0.2, -0.15) is 0 Å². The Morgan fingerprint density at radius 1 is 1.45 bits per heavy atom. The third-order valence-corrected chi connectivity index (χ3v) is 4.42. The van der Waals surface area contributed by atoms with Gasteiger partial charge < -0.3 is 16.2 Å². The highest BCUT2D eigenvalue weighted by Gasteiger charge is 2.54. The number of nitrogens with two attached hydrogens (primary N) is 2. The first-order chi connectivity index (χ1) is 9.53. The Hall–Kier alpha value is -1.43. The molecule has 0 aromatic heterocycles. The molecule has 5 heteroatoms. The van der Waals surface area contributed by atoms with Crippen molar-refractivity contribution in [2.75, 3.05) is 20.2 Å². The monoisotopic (exact) mass is 277 g/mol. The maximum absolute atomic E-state index is 12.1. The molecule has 0 unspecified atom stereocenters. The van der Waals surface area contributed by atoms with Crippen LogP contribution in [0.1, 0.15) is 12.5 Å². The van der Waals surface area contributed by atoms with E-state index in [0.717, 1.165) is 6.54 Å². The summed E-state index contributed by atoms with van der Waals surface area (Å²) in [5.41, 5.74) is 12.3. The van der Waals surface area contributed by atoms with Gasteiger partial charge >= 0.3 is 5.97 Å². The summed E-state index contributed by atoms with van der Waals surface area (Å²) >= 11 is 0. The first kappa shape index (κ1) is 15.0. The van der Waals surface area contributed by atoms with Crippen molar-refractivity contribution in [3.63, 3.8) is 0 Å². The second-order valence-corrected chi connectivity index (χ2v) is 5.45. The minimum atomic E-state index is -1.03. The zero-order chi connectivity index (χ0) is 14.8. The van der Waals surface area contributed by atoms with Gasteiger partial charge in [-0.25, -0.2) is 4.79 Å². The molecule has 1 fully saturated rings. The number of methoxy groups -OCH3 is 1. The van der Waals surface area contributed by atoms with E-state index in [-0.39, 0.29) is 17.9 Å². The van der Waals surface area contributed by atoms with Crippen LogP contribution in [0.5, 0.6) is 0 Å². The Bertz CT molecular complexity index is 465. The van der Waals surface area contributed by atoms with Gasteiger partial charge in [0.25, 0.3) is 0 Å². The quantitative estimate of drug-likeness (QED) is 0.775. The number of rotatable bonds is 4. The third kappa shape index (κ3) is 2.44. The summed E-state index contributed by atoms with van der Waals surface area (Å²) in [5, 5.41) is 0. The fraction of sp³-hybridized carbons (Fsp3) is 0.533. The number of hydrogen-bond acceptors (Lipinski definition) is 5. The molecule has 1 aliphatic heterocycles. The number of hydrogen-bond donors (Lipinski definition) is 2. The van der Waals surface area contributed by atoms with Gasteiger partial charge in [0.2, 0.25) is 0 Å². The molecular weight excluding hydrogens is 254 g/mol. The smallest absolute Gasteiger partial charge is 0.327 e. The molecule has 1 aromatic carbocycles. The average molecular weight is 277 g/mol. The number of ether oxygens (including phenoxy) is 1. The maximum Gasteiger partial charge on any atom is 0.327 e. The molecule has 0 spiro atoms. The summed E-state index contributed by atoms with van der Waals surface area (Å²) in [6.45, 7) is 3.81. The number of esters is 1. The summed E-state index contributed by atoms with van der Waals surface area (Å²) in [6.07, 6.45) is 0. The predicted molar refractivity (Wildman–Crippen MR) is 77.8 cm³/mol. The van der Waals surface area contributed by atoms with Crippen LogP contribution in [0.3, 0.4) is 0 Å². The van der Waals surface area contributed by atoms with E-state index < -0.39 is 5.54 Å². The highest BCUT2D eigenvalue weighted by Crippen LogP contribution is 2.33. The average Bonchev–Trinajstić information content (AvgIpc) is 2.73. The SMILES string of the molecule is COC(=O)[C@@]1(N)[C@H](CN)CN(Cc2ccccc2)[C@@H]1C. The highest BCUT2D eigenvalue weighted by atomic mass is 16.5. The van der Waals surface area contributed by atoms with Crippen molar-refractivity contribution in [3.05, 3.63) is 35.9 Å². The van der Waals surface area contributed by atoms with Crippen molar-refractivity contribution in [2.45, 2.75) is 25.0 Å². The second-order valence-electron chi connectivity index (χ2n) is 5.45. The molecule has 1 saturated heterocycles. The van der Waals surface area contributed by atoms with E-state index in [1.165, 1.54) is 12.7 Å². The molecule has 5 nitrogen and oxygen atoms in total. The first-order valence-electron chi connectivity index (χ1n) is 6.89. The largest absolute Gasteiger partial charge is 0.468 e. The van der Waals surface area contributed by atoms with Gasteiger partial charge in [-0.3, -0.25) is 4.90 Å². The molecule has 2 rings (SSSR count). The van der Waals surface area contributed by atoms with E-state index in [1.807, 2.05) is 25.1 Å². The number of carbonyl (C=O) groups is 1. The molecule has 110 valence electrons. The molecular formula is C15H23N3O2. The summed E-state index contributed by atoms with van der Waals surface area (Å²) in [7, 11) is 1.37. The Labute approximate surface area is 119 Å². The molecule has 0 aliphatic carbocycles. The lowest BCUT2D eigenvalue weighted by molar-refractivity contribution is -0.149. The second kappa shape index (κ2) is 5.91. The summed E-state index contributed by atoms with van der Waals surface area (Å²) in [6, 6.07) is 10.0. The van der Waals surface area contributed by atoms with Crippen molar-refractivity contribution in [1.82, 2.24) is 4.90 Å². The van der Waals surface area contributed by atoms with E-state index in [1.54, 1.807) is 0 Å². The number of benzene rings is 1. The molecule has 1 aromatic rings. The van der Waals surface area contributed by atoms with Crippen molar-refractivity contribution >= 4 is 5.97 Å². The third-order valence-electron chi connectivity index (χ3n) is 4.42. The standard InChI is InChI=1S/C15H23N3O2/c1-11-15(17,14(19)20-2)13(8-16)10-18(11)9-12-6-4-3-5-7-12/h3-7,11,13H,8-10,16-17H2,1-2H3/t11-,13-,15+/m1/s1. The lowest BCUT2D eigenvalue weighted by atomic mass is 9.83. The van der Waals surface area contributed by atoms with Crippen LogP contribution in [0.25, 0.3) is 0 Å². The minimum absolute atomic E-state index is 0.0892. The zero-order valence-electron chi connectivity index (χ0n) is 12.1. The van der Waals surface area contributed by atoms with Gasteiger partial charge in [0.1, 0.15) is 5.54 Å². The van der Waals surface area contributed by atoms with E-state index in [2.05, 4.69) is 17.0 Å². The van der Waals surface area contributed by atoms with E-state index in [4.69, 9.17) is 16.2 Å². The Kier molecular flexibility index (Phi) is 4.42. The van der Waals surface area contributed by atoms with E-state index in [9.17, 15) is 4.79 Å². The van der Waals surface area contributed by atoms with Crippen LogP contribution in [0, 0.1) is 5.92 Å². The lowest BCUT2D eigenvalue weighted by Gasteiger charge is -2.32. The predicted octanol–water partition coefficient (Wildman–Crippen LogP) is 0.336. The fourth-order valence-corrected chi connectivity index (χ4v) is 3.04. The van der Waals surface area contributed by atoms with Gasteiger partial charge in [-0.15, -0.1) is 0 Å². The van der Waals surface area contributed by atoms with Crippen molar-refractivity contribution in [2.24, 2.45) is 17.4 Å². The van der Waals surface area contributed by atoms with Crippen LogP contribution in [-0.2, 0) is 16.1 Å². The van der Waals surface area contributed by atoms with Gasteiger partial charge in [-0.05, 0) is 19.0 Å². The summed E-state index contributed by atoms with van der Waals surface area (Å²) < 4.78 is 4.89. The summed E-state index contributed by atoms with van der Waals surface area (Å²) in [4.78, 5) is 14.3. The van der Waals surface area contributed by atoms with Crippen molar-refractivity contribution < 1.29 is 9.53 Å². The lowest BCUT2D eigenvalue weighted by Crippen LogP contribution is -2.61. The van der Waals surface area contributed by atoms with Crippen molar-refractivity contribution in [1.29, 1.82) is 0 Å². The normalized spacial score (nSPS) is 30.4. The van der Waals surface area contributed by atoms with Crippen molar-refractivity contribution in [3.8, 4) is 0 Å². The van der Waals surface area contributed by atoms with E-state index in [0.29, 0.717) is 13.1 Å². The molecule has 4 N–H and O–H groups in total. The Balaban J connectivity index is 2.20. The Morgan fingerprint density at radius 2 is 2.10 bits per heavy atom.